The molecule has 0 atom stereocenters. The molecule has 0 saturated carbocycles. The second-order valence-electron chi connectivity index (χ2n) is 4.37. The molecule has 0 aliphatic rings. The van der Waals surface area contributed by atoms with Gasteiger partial charge in [-0.3, -0.25) is 0 Å². The molecule has 1 aromatic carbocycles. The number of nitrogen functional groups attached to an aromatic ring is 1. The van der Waals surface area contributed by atoms with Crippen LogP contribution in [0.25, 0.3) is 11.3 Å². The van der Waals surface area contributed by atoms with Crippen LogP contribution in [0.1, 0.15) is 18.3 Å². The molecule has 0 aliphatic carbocycles. The summed E-state index contributed by atoms with van der Waals surface area (Å²) >= 11 is 3.50. The average Bonchev–Trinajstić information content (AvgIpc) is 2.71. The standard InChI is InChI=1S/C15H16BrN3/c1-4-8-19-13(5-2)18-14(15(19)17)11-6-7-12(16)10(3)9-11/h1,6-7,9H,5,8,17H2,2-3H3. The van der Waals surface area contributed by atoms with Gasteiger partial charge >= 0.3 is 0 Å². The molecule has 2 rings (SSSR count). The van der Waals surface area contributed by atoms with Crippen LogP contribution in [0.3, 0.4) is 0 Å². The van der Waals surface area contributed by atoms with Crippen molar-refractivity contribution >= 4 is 21.7 Å². The van der Waals surface area contributed by atoms with Crippen LogP contribution < -0.4 is 5.73 Å². The van der Waals surface area contributed by atoms with Gasteiger partial charge < -0.3 is 10.3 Å². The van der Waals surface area contributed by atoms with E-state index in [4.69, 9.17) is 12.2 Å². The zero-order valence-electron chi connectivity index (χ0n) is 11.1. The molecule has 0 radical (unpaired) electrons. The van der Waals surface area contributed by atoms with Crippen LogP contribution in [0.2, 0.25) is 0 Å². The predicted molar refractivity (Wildman–Crippen MR) is 82.7 cm³/mol. The van der Waals surface area contributed by atoms with E-state index in [1.54, 1.807) is 0 Å². The third kappa shape index (κ3) is 2.52. The number of rotatable bonds is 3. The quantitative estimate of drug-likeness (QED) is 0.882. The topological polar surface area (TPSA) is 43.8 Å². The number of anilines is 1. The second kappa shape index (κ2) is 5.50. The number of terminal acetylenes is 1. The number of nitrogens with zero attached hydrogens (tertiary/aromatic N) is 2. The summed E-state index contributed by atoms with van der Waals surface area (Å²) in [6, 6.07) is 6.09. The summed E-state index contributed by atoms with van der Waals surface area (Å²) in [7, 11) is 0. The van der Waals surface area contributed by atoms with Crippen LogP contribution in [0.5, 0.6) is 0 Å². The van der Waals surface area contributed by atoms with E-state index in [-0.39, 0.29) is 0 Å². The second-order valence-corrected chi connectivity index (χ2v) is 5.22. The Labute approximate surface area is 122 Å². The Balaban J connectivity index is 2.56. The van der Waals surface area contributed by atoms with Gasteiger partial charge in [0.15, 0.2) is 0 Å². The van der Waals surface area contributed by atoms with Gasteiger partial charge in [0.1, 0.15) is 17.3 Å². The largest absolute Gasteiger partial charge is 0.383 e. The lowest BCUT2D eigenvalue weighted by Crippen LogP contribution is -2.05. The van der Waals surface area contributed by atoms with Crippen LogP contribution in [0.4, 0.5) is 5.82 Å². The maximum absolute atomic E-state index is 6.18. The van der Waals surface area contributed by atoms with Crippen molar-refractivity contribution < 1.29 is 0 Å². The fourth-order valence-electron chi connectivity index (χ4n) is 2.06. The summed E-state index contributed by atoms with van der Waals surface area (Å²) in [5.41, 5.74) is 9.16. The zero-order valence-corrected chi connectivity index (χ0v) is 12.7. The Morgan fingerprint density at radius 1 is 1.47 bits per heavy atom. The van der Waals surface area contributed by atoms with Crippen LogP contribution >= 0.6 is 15.9 Å². The van der Waals surface area contributed by atoms with E-state index in [0.29, 0.717) is 12.4 Å². The molecule has 0 unspecified atom stereocenters. The van der Waals surface area contributed by atoms with E-state index in [9.17, 15) is 0 Å². The average molecular weight is 318 g/mol. The lowest BCUT2D eigenvalue weighted by molar-refractivity contribution is 0.769. The number of hydrogen-bond donors (Lipinski definition) is 1. The molecule has 0 spiro atoms. The Kier molecular flexibility index (Phi) is 3.96. The van der Waals surface area contributed by atoms with Crippen molar-refractivity contribution in [3.8, 4) is 23.6 Å². The van der Waals surface area contributed by atoms with Crippen molar-refractivity contribution in [2.75, 3.05) is 5.73 Å². The van der Waals surface area contributed by atoms with Crippen LogP contribution in [0.15, 0.2) is 22.7 Å². The number of nitrogens with two attached hydrogens (primary N) is 1. The Hall–Kier alpha value is -1.73. The van der Waals surface area contributed by atoms with E-state index in [0.717, 1.165) is 33.5 Å². The van der Waals surface area contributed by atoms with Gasteiger partial charge in [0.25, 0.3) is 0 Å². The van der Waals surface area contributed by atoms with E-state index >= 15 is 0 Å². The van der Waals surface area contributed by atoms with Gasteiger partial charge in [-0.05, 0) is 24.6 Å². The van der Waals surface area contributed by atoms with Crippen molar-refractivity contribution in [3.63, 3.8) is 0 Å². The summed E-state index contributed by atoms with van der Waals surface area (Å²) in [6.45, 7) is 4.55. The summed E-state index contributed by atoms with van der Waals surface area (Å²) in [5, 5.41) is 0. The summed E-state index contributed by atoms with van der Waals surface area (Å²) in [5.74, 6) is 4.18. The van der Waals surface area contributed by atoms with Gasteiger partial charge in [0, 0.05) is 16.5 Å². The first kappa shape index (κ1) is 13.7. The monoisotopic (exact) mass is 317 g/mol. The Morgan fingerprint density at radius 3 is 2.79 bits per heavy atom. The third-order valence-corrected chi connectivity index (χ3v) is 3.97. The first-order chi connectivity index (χ1) is 9.08. The molecule has 0 aliphatic heterocycles. The molecule has 1 aromatic heterocycles. The van der Waals surface area contributed by atoms with Crippen LogP contribution in [-0.2, 0) is 13.0 Å². The minimum Gasteiger partial charge on any atom is -0.383 e. The van der Waals surface area contributed by atoms with E-state index in [2.05, 4.69) is 32.9 Å². The summed E-state index contributed by atoms with van der Waals surface area (Å²) < 4.78 is 2.97. The molecule has 4 heteroatoms. The van der Waals surface area contributed by atoms with Gasteiger partial charge in [0.05, 0.1) is 6.54 Å². The SMILES string of the molecule is C#CCn1c(CC)nc(-c2ccc(Br)c(C)c2)c1N. The van der Waals surface area contributed by atoms with E-state index < -0.39 is 0 Å². The molecular weight excluding hydrogens is 302 g/mol. The zero-order chi connectivity index (χ0) is 14.0. The minimum atomic E-state index is 0.456. The fourth-order valence-corrected chi connectivity index (χ4v) is 2.30. The van der Waals surface area contributed by atoms with Gasteiger partial charge in [-0.15, -0.1) is 6.42 Å². The lowest BCUT2D eigenvalue weighted by Gasteiger charge is -2.05. The summed E-state index contributed by atoms with van der Waals surface area (Å²) in [6.07, 6.45) is 6.19. The molecule has 0 amide bonds. The smallest absolute Gasteiger partial charge is 0.132 e. The maximum Gasteiger partial charge on any atom is 0.132 e. The van der Waals surface area contributed by atoms with Gasteiger partial charge in [-0.2, -0.15) is 0 Å². The van der Waals surface area contributed by atoms with Crippen LogP contribution in [0, 0.1) is 19.3 Å². The van der Waals surface area contributed by atoms with Crippen molar-refractivity contribution in [2.45, 2.75) is 26.8 Å². The molecule has 19 heavy (non-hydrogen) atoms. The van der Waals surface area contributed by atoms with E-state index in [1.807, 2.05) is 30.5 Å². The fraction of sp³-hybridized carbons (Fsp3) is 0.267. The molecule has 98 valence electrons. The molecule has 1 heterocycles. The molecule has 2 aromatic rings. The first-order valence-electron chi connectivity index (χ1n) is 6.13. The maximum atomic E-state index is 6.18. The number of aryl methyl sites for hydroxylation is 2. The highest BCUT2D eigenvalue weighted by molar-refractivity contribution is 9.10. The van der Waals surface area contributed by atoms with Crippen molar-refractivity contribution in [1.82, 2.24) is 9.55 Å². The van der Waals surface area contributed by atoms with Crippen molar-refractivity contribution in [2.24, 2.45) is 0 Å². The predicted octanol–water partition coefficient (Wildman–Crippen LogP) is 3.40. The number of halogens is 1. The van der Waals surface area contributed by atoms with Crippen molar-refractivity contribution in [1.29, 1.82) is 0 Å². The number of hydrogen-bond acceptors (Lipinski definition) is 2. The Bertz CT molecular complexity index is 650. The molecule has 0 saturated heterocycles. The molecule has 0 fully saturated rings. The van der Waals surface area contributed by atoms with Gasteiger partial charge in [-0.1, -0.05) is 34.8 Å². The molecule has 0 bridgehead atoms. The van der Waals surface area contributed by atoms with Crippen LogP contribution in [-0.4, -0.2) is 9.55 Å². The lowest BCUT2D eigenvalue weighted by atomic mass is 10.1. The van der Waals surface area contributed by atoms with Crippen molar-refractivity contribution in [3.05, 3.63) is 34.1 Å². The number of imidazole rings is 1. The highest BCUT2D eigenvalue weighted by Gasteiger charge is 2.14. The Morgan fingerprint density at radius 2 is 2.21 bits per heavy atom. The molecule has 3 nitrogen and oxygen atoms in total. The highest BCUT2D eigenvalue weighted by Crippen LogP contribution is 2.29. The normalized spacial score (nSPS) is 10.4. The van der Waals surface area contributed by atoms with E-state index in [1.165, 1.54) is 0 Å². The number of aromatic nitrogens is 2. The number of benzene rings is 1. The molecule has 2 N–H and O–H groups in total. The minimum absolute atomic E-state index is 0.456. The van der Waals surface area contributed by atoms with Gasteiger partial charge in [0.2, 0.25) is 0 Å². The third-order valence-electron chi connectivity index (χ3n) is 3.08. The molecular formula is C15H16BrN3. The van der Waals surface area contributed by atoms with Gasteiger partial charge in [-0.25, -0.2) is 4.98 Å². The summed E-state index contributed by atoms with van der Waals surface area (Å²) in [4.78, 5) is 4.61. The highest BCUT2D eigenvalue weighted by atomic mass is 79.9. The first-order valence-corrected chi connectivity index (χ1v) is 6.92.